The first-order valence-electron chi connectivity index (χ1n) is 9.91. The van der Waals surface area contributed by atoms with Gasteiger partial charge in [-0.15, -0.1) is 0 Å². The Labute approximate surface area is 181 Å². The molecule has 31 heavy (non-hydrogen) atoms. The molecule has 0 atom stereocenters. The van der Waals surface area contributed by atoms with E-state index >= 15 is 0 Å². The summed E-state index contributed by atoms with van der Waals surface area (Å²) in [5, 5.41) is 4.41. The Morgan fingerprint density at radius 2 is 1.61 bits per heavy atom. The highest BCUT2D eigenvalue weighted by atomic mass is 32.2. The van der Waals surface area contributed by atoms with Crippen molar-refractivity contribution in [1.82, 2.24) is 4.31 Å². The van der Waals surface area contributed by atoms with Gasteiger partial charge in [-0.3, -0.25) is 4.79 Å². The van der Waals surface area contributed by atoms with Crippen LogP contribution in [0, 0.1) is 0 Å². The molecule has 3 aromatic carbocycles. The first-order valence-corrected chi connectivity index (χ1v) is 11.3. The smallest absolute Gasteiger partial charge is 0.338 e. The molecule has 8 heteroatoms. The maximum Gasteiger partial charge on any atom is 0.338 e. The molecule has 0 aliphatic heterocycles. The second kappa shape index (κ2) is 9.72. The average Bonchev–Trinajstić information content (AvgIpc) is 2.77. The molecule has 0 aromatic heterocycles. The van der Waals surface area contributed by atoms with Crippen LogP contribution in [-0.2, 0) is 19.6 Å². The summed E-state index contributed by atoms with van der Waals surface area (Å²) in [5.74, 6) is -0.922. The van der Waals surface area contributed by atoms with Gasteiger partial charge in [0.2, 0.25) is 15.9 Å². The van der Waals surface area contributed by atoms with E-state index in [-0.39, 0.29) is 24.6 Å². The number of esters is 1. The molecule has 3 rings (SSSR count). The number of nitrogens with one attached hydrogen (secondary N) is 1. The van der Waals surface area contributed by atoms with Crippen molar-refractivity contribution < 1.29 is 22.7 Å². The molecule has 0 saturated heterocycles. The predicted octanol–water partition coefficient (Wildman–Crippen LogP) is 3.67. The minimum atomic E-state index is -3.84. The molecule has 0 unspecified atom stereocenters. The summed E-state index contributed by atoms with van der Waals surface area (Å²) in [7, 11) is -3.84. The second-order valence-electron chi connectivity index (χ2n) is 6.79. The van der Waals surface area contributed by atoms with E-state index in [1.807, 2.05) is 24.3 Å². The van der Waals surface area contributed by atoms with Gasteiger partial charge in [0.1, 0.15) is 0 Å². The van der Waals surface area contributed by atoms with Crippen LogP contribution in [0.1, 0.15) is 24.2 Å². The predicted molar refractivity (Wildman–Crippen MR) is 119 cm³/mol. The van der Waals surface area contributed by atoms with Gasteiger partial charge in [0.15, 0.2) is 0 Å². The van der Waals surface area contributed by atoms with Crippen molar-refractivity contribution >= 4 is 38.4 Å². The standard InChI is InChI=1S/C23H24N2O5S/c1-3-25(31(28,29)21-14-11-17-7-5-6-8-19(17)15-21)16-22(26)24-20-12-9-18(10-13-20)23(27)30-4-2/h5-15H,3-4,16H2,1-2H3,(H,24,26). The number of rotatable bonds is 8. The second-order valence-corrected chi connectivity index (χ2v) is 8.72. The van der Waals surface area contributed by atoms with E-state index < -0.39 is 21.9 Å². The Morgan fingerprint density at radius 3 is 2.26 bits per heavy atom. The molecule has 0 bridgehead atoms. The molecule has 1 amide bonds. The third kappa shape index (κ3) is 5.28. The van der Waals surface area contributed by atoms with Crippen LogP contribution in [0.3, 0.4) is 0 Å². The van der Waals surface area contributed by atoms with Gasteiger partial charge in [-0.25, -0.2) is 13.2 Å². The van der Waals surface area contributed by atoms with E-state index in [4.69, 9.17) is 4.74 Å². The summed E-state index contributed by atoms with van der Waals surface area (Å²) < 4.78 is 32.2. The van der Waals surface area contributed by atoms with Crippen LogP contribution in [0.25, 0.3) is 10.8 Å². The molecule has 0 saturated carbocycles. The van der Waals surface area contributed by atoms with Crippen molar-refractivity contribution in [2.45, 2.75) is 18.7 Å². The summed E-state index contributed by atoms with van der Waals surface area (Å²) in [6, 6.07) is 18.6. The van der Waals surface area contributed by atoms with Crippen molar-refractivity contribution in [3.63, 3.8) is 0 Å². The van der Waals surface area contributed by atoms with Crippen LogP contribution in [0.5, 0.6) is 0 Å². The monoisotopic (exact) mass is 440 g/mol. The Balaban J connectivity index is 1.71. The zero-order chi connectivity index (χ0) is 22.4. The molecule has 7 nitrogen and oxygen atoms in total. The molecule has 3 aromatic rings. The Bertz CT molecular complexity index is 1190. The Kier molecular flexibility index (Phi) is 7.04. The summed E-state index contributed by atoms with van der Waals surface area (Å²) in [5.41, 5.74) is 0.825. The fourth-order valence-corrected chi connectivity index (χ4v) is 4.55. The number of benzene rings is 3. The van der Waals surface area contributed by atoms with Crippen molar-refractivity contribution in [2.75, 3.05) is 25.0 Å². The largest absolute Gasteiger partial charge is 0.462 e. The number of sulfonamides is 1. The normalized spacial score (nSPS) is 11.5. The lowest BCUT2D eigenvalue weighted by Gasteiger charge is -2.20. The number of ether oxygens (including phenoxy) is 1. The maximum atomic E-state index is 13.1. The van der Waals surface area contributed by atoms with E-state index in [0.717, 1.165) is 15.1 Å². The van der Waals surface area contributed by atoms with Gasteiger partial charge < -0.3 is 10.1 Å². The number of anilines is 1. The molecule has 162 valence electrons. The van der Waals surface area contributed by atoms with E-state index in [0.29, 0.717) is 11.3 Å². The first kappa shape index (κ1) is 22.5. The number of likely N-dealkylation sites (N-methyl/N-ethyl adjacent to an activating group) is 1. The Morgan fingerprint density at radius 1 is 0.935 bits per heavy atom. The first-order chi connectivity index (χ1) is 14.8. The van der Waals surface area contributed by atoms with Crippen LogP contribution in [0.15, 0.2) is 71.6 Å². The van der Waals surface area contributed by atoms with Gasteiger partial charge in [0, 0.05) is 12.2 Å². The topological polar surface area (TPSA) is 92.8 Å². The molecule has 0 spiro atoms. The van der Waals surface area contributed by atoms with Gasteiger partial charge in [0.05, 0.1) is 23.6 Å². The molecular weight excluding hydrogens is 416 g/mol. The van der Waals surface area contributed by atoms with E-state index in [9.17, 15) is 18.0 Å². The average molecular weight is 441 g/mol. The number of carbonyl (C=O) groups excluding carboxylic acids is 2. The molecule has 0 radical (unpaired) electrons. The van der Waals surface area contributed by atoms with E-state index in [1.165, 1.54) is 12.1 Å². The van der Waals surface area contributed by atoms with Crippen LogP contribution < -0.4 is 5.32 Å². The number of hydrogen-bond donors (Lipinski definition) is 1. The Hall–Kier alpha value is -3.23. The van der Waals surface area contributed by atoms with Gasteiger partial charge >= 0.3 is 5.97 Å². The summed E-state index contributed by atoms with van der Waals surface area (Å²) in [6.45, 7) is 3.49. The summed E-state index contributed by atoms with van der Waals surface area (Å²) in [6.07, 6.45) is 0. The van der Waals surface area contributed by atoms with Crippen molar-refractivity contribution in [3.05, 3.63) is 72.3 Å². The lowest BCUT2D eigenvalue weighted by molar-refractivity contribution is -0.116. The van der Waals surface area contributed by atoms with Crippen LogP contribution >= 0.6 is 0 Å². The summed E-state index contributed by atoms with van der Waals surface area (Å²) in [4.78, 5) is 24.3. The van der Waals surface area contributed by atoms with Crippen LogP contribution in [0.2, 0.25) is 0 Å². The molecular formula is C23H24N2O5S. The van der Waals surface area contributed by atoms with E-state index in [1.54, 1.807) is 44.2 Å². The van der Waals surface area contributed by atoms with Crippen LogP contribution in [-0.4, -0.2) is 44.3 Å². The van der Waals surface area contributed by atoms with Gasteiger partial charge in [-0.1, -0.05) is 37.3 Å². The highest BCUT2D eigenvalue weighted by Crippen LogP contribution is 2.22. The number of hydrogen-bond acceptors (Lipinski definition) is 5. The number of nitrogens with zero attached hydrogens (tertiary/aromatic N) is 1. The highest BCUT2D eigenvalue weighted by Gasteiger charge is 2.25. The zero-order valence-electron chi connectivity index (χ0n) is 17.4. The molecule has 0 fully saturated rings. The van der Waals surface area contributed by atoms with Gasteiger partial charge in [-0.2, -0.15) is 4.31 Å². The van der Waals surface area contributed by atoms with Gasteiger partial charge in [-0.05, 0) is 54.1 Å². The van der Waals surface area contributed by atoms with Crippen LogP contribution in [0.4, 0.5) is 5.69 Å². The molecule has 0 aliphatic rings. The lowest BCUT2D eigenvalue weighted by atomic mass is 10.1. The number of amides is 1. The maximum absolute atomic E-state index is 13.1. The molecule has 1 N–H and O–H groups in total. The fraction of sp³-hybridized carbons (Fsp3) is 0.217. The minimum absolute atomic E-state index is 0.139. The lowest BCUT2D eigenvalue weighted by Crippen LogP contribution is -2.37. The minimum Gasteiger partial charge on any atom is -0.462 e. The number of fused-ring (bicyclic) bond motifs is 1. The number of carbonyl (C=O) groups is 2. The molecule has 0 aliphatic carbocycles. The van der Waals surface area contributed by atoms with Crippen molar-refractivity contribution in [2.24, 2.45) is 0 Å². The fourth-order valence-electron chi connectivity index (χ4n) is 3.11. The quantitative estimate of drug-likeness (QED) is 0.540. The van der Waals surface area contributed by atoms with E-state index in [2.05, 4.69) is 5.32 Å². The third-order valence-electron chi connectivity index (χ3n) is 4.71. The van der Waals surface area contributed by atoms with Crippen molar-refractivity contribution in [1.29, 1.82) is 0 Å². The zero-order valence-corrected chi connectivity index (χ0v) is 18.2. The van der Waals surface area contributed by atoms with Crippen molar-refractivity contribution in [3.8, 4) is 0 Å². The molecule has 0 heterocycles. The van der Waals surface area contributed by atoms with Gasteiger partial charge in [0.25, 0.3) is 0 Å². The third-order valence-corrected chi connectivity index (χ3v) is 6.63. The SMILES string of the molecule is CCOC(=O)c1ccc(NC(=O)CN(CC)S(=O)(=O)c2ccc3ccccc3c2)cc1. The summed E-state index contributed by atoms with van der Waals surface area (Å²) >= 11 is 0. The highest BCUT2D eigenvalue weighted by molar-refractivity contribution is 7.89.